The average Bonchev–Trinajstić information content (AvgIpc) is 2.13. The van der Waals surface area contributed by atoms with Crippen LogP contribution in [-0.2, 0) is 19.9 Å². The van der Waals surface area contributed by atoms with Gasteiger partial charge < -0.3 is 0 Å². The third-order valence-electron chi connectivity index (χ3n) is 1.71. The summed E-state index contributed by atoms with van der Waals surface area (Å²) in [4.78, 5) is 3.65. The van der Waals surface area contributed by atoms with Crippen LogP contribution in [0, 0.1) is 0 Å². The van der Waals surface area contributed by atoms with Gasteiger partial charge in [0.2, 0.25) is 10.0 Å². The first kappa shape index (κ1) is 14.8. The molecule has 1 aromatic heterocycles. The Morgan fingerprint density at radius 2 is 1.88 bits per heavy atom. The number of hydrogen-bond acceptors (Lipinski definition) is 5. The lowest BCUT2D eigenvalue weighted by Crippen LogP contribution is -2.23. The molecule has 0 bridgehead atoms. The lowest BCUT2D eigenvalue weighted by atomic mass is 10.5. The van der Waals surface area contributed by atoms with E-state index in [0.717, 1.165) is 6.20 Å². The van der Waals surface area contributed by atoms with Crippen molar-refractivity contribution >= 4 is 47.4 Å². The molecule has 0 atom stereocenters. The zero-order valence-electron chi connectivity index (χ0n) is 8.30. The molecule has 0 spiro atoms. The van der Waals surface area contributed by atoms with Crippen LogP contribution in [0.2, 0.25) is 5.02 Å². The topological polar surface area (TPSA) is 107 Å². The van der Waals surface area contributed by atoms with Gasteiger partial charge in [0.25, 0.3) is 0 Å². The second-order valence-electron chi connectivity index (χ2n) is 3.13. The first-order chi connectivity index (χ1) is 7.62. The van der Waals surface area contributed by atoms with Crippen molar-refractivity contribution in [2.45, 2.75) is 5.03 Å². The molecule has 0 aliphatic rings. The molecule has 1 aromatic rings. The van der Waals surface area contributed by atoms with E-state index in [-0.39, 0.29) is 14.5 Å². The number of aromatic nitrogens is 1. The number of rotatable bonds is 4. The number of primary sulfonamides is 1. The Labute approximate surface area is 112 Å². The van der Waals surface area contributed by atoms with Crippen LogP contribution < -0.4 is 5.14 Å². The van der Waals surface area contributed by atoms with Gasteiger partial charge in [-0.2, -0.15) is 0 Å². The molecule has 2 N–H and O–H groups in total. The minimum Gasteiger partial charge on any atom is -0.242 e. The summed E-state index contributed by atoms with van der Waals surface area (Å²) < 4.78 is 45.1. The minimum absolute atomic E-state index is 0.180. The van der Waals surface area contributed by atoms with Gasteiger partial charge in [0.05, 0.1) is 21.0 Å². The molecular formula is C7H8BrClN2O4S2. The first-order valence-electron chi connectivity index (χ1n) is 4.16. The SMILES string of the molecule is NS(=O)(=O)CCS(=O)(=O)c1ncc(Cl)cc1Br. The van der Waals surface area contributed by atoms with Crippen molar-refractivity contribution in [1.82, 2.24) is 4.98 Å². The van der Waals surface area contributed by atoms with Crippen LogP contribution in [0.4, 0.5) is 0 Å². The van der Waals surface area contributed by atoms with Gasteiger partial charge in [0.1, 0.15) is 0 Å². The predicted molar refractivity (Wildman–Crippen MR) is 67.0 cm³/mol. The highest BCUT2D eigenvalue weighted by atomic mass is 79.9. The summed E-state index contributed by atoms with van der Waals surface area (Å²) in [6, 6.07) is 1.36. The van der Waals surface area contributed by atoms with E-state index in [2.05, 4.69) is 20.9 Å². The Hall–Kier alpha value is -0.220. The minimum atomic E-state index is -3.83. The number of nitrogens with two attached hydrogens (primary N) is 1. The van der Waals surface area contributed by atoms with Crippen molar-refractivity contribution in [2.24, 2.45) is 5.14 Å². The molecule has 0 radical (unpaired) electrons. The highest BCUT2D eigenvalue weighted by molar-refractivity contribution is 9.10. The Morgan fingerprint density at radius 3 is 2.35 bits per heavy atom. The number of sulfonamides is 1. The molecule has 1 rings (SSSR count). The molecule has 0 unspecified atom stereocenters. The molecule has 0 aliphatic carbocycles. The summed E-state index contributed by atoms with van der Waals surface area (Å²) in [5.74, 6) is -1.29. The fourth-order valence-corrected chi connectivity index (χ4v) is 4.90. The Balaban J connectivity index is 3.06. The molecule has 6 nitrogen and oxygen atoms in total. The molecule has 10 heteroatoms. The van der Waals surface area contributed by atoms with E-state index in [4.69, 9.17) is 16.7 Å². The van der Waals surface area contributed by atoms with E-state index >= 15 is 0 Å². The van der Waals surface area contributed by atoms with Crippen molar-refractivity contribution in [3.8, 4) is 0 Å². The van der Waals surface area contributed by atoms with Crippen LogP contribution >= 0.6 is 27.5 Å². The van der Waals surface area contributed by atoms with Gasteiger partial charge in [-0.1, -0.05) is 11.6 Å². The summed E-state index contributed by atoms with van der Waals surface area (Å²) in [7, 11) is -7.65. The summed E-state index contributed by atoms with van der Waals surface area (Å²) in [5.41, 5.74) is 0. The van der Waals surface area contributed by atoms with E-state index in [9.17, 15) is 16.8 Å². The van der Waals surface area contributed by atoms with Crippen LogP contribution in [0.3, 0.4) is 0 Å². The van der Waals surface area contributed by atoms with Crippen molar-refractivity contribution < 1.29 is 16.8 Å². The molecule has 17 heavy (non-hydrogen) atoms. The number of hydrogen-bond donors (Lipinski definition) is 1. The fourth-order valence-electron chi connectivity index (χ4n) is 0.953. The first-order valence-corrected chi connectivity index (χ1v) is 8.70. The van der Waals surface area contributed by atoms with Gasteiger partial charge in [-0.25, -0.2) is 27.0 Å². The molecule has 0 aliphatic heterocycles. The lowest BCUT2D eigenvalue weighted by Gasteiger charge is -2.05. The summed E-state index contributed by atoms with van der Waals surface area (Å²) in [6.07, 6.45) is 1.16. The Bertz CT molecular complexity index is 629. The van der Waals surface area contributed by atoms with Gasteiger partial charge in [-0.05, 0) is 22.0 Å². The second kappa shape index (κ2) is 5.19. The molecule has 0 saturated heterocycles. The van der Waals surface area contributed by atoms with E-state index in [1.165, 1.54) is 6.07 Å². The second-order valence-corrected chi connectivity index (χ2v) is 8.18. The smallest absolute Gasteiger partial charge is 0.210 e. The highest BCUT2D eigenvalue weighted by Gasteiger charge is 2.22. The highest BCUT2D eigenvalue weighted by Crippen LogP contribution is 2.23. The van der Waals surface area contributed by atoms with Gasteiger partial charge in [-0.15, -0.1) is 0 Å². The van der Waals surface area contributed by atoms with Gasteiger partial charge in [0, 0.05) is 6.20 Å². The van der Waals surface area contributed by atoms with Gasteiger partial charge >= 0.3 is 0 Å². The monoisotopic (exact) mass is 362 g/mol. The van der Waals surface area contributed by atoms with Crippen molar-refractivity contribution in [2.75, 3.05) is 11.5 Å². The van der Waals surface area contributed by atoms with Crippen molar-refractivity contribution in [3.63, 3.8) is 0 Å². The molecule has 0 amide bonds. The van der Waals surface area contributed by atoms with E-state index in [1.54, 1.807) is 0 Å². The Kier molecular flexibility index (Phi) is 4.53. The number of pyridine rings is 1. The largest absolute Gasteiger partial charge is 0.242 e. The molecule has 1 heterocycles. The van der Waals surface area contributed by atoms with E-state index in [0.29, 0.717) is 0 Å². The molecule has 0 saturated carbocycles. The normalized spacial score (nSPS) is 12.6. The fraction of sp³-hybridized carbons (Fsp3) is 0.286. The zero-order valence-corrected chi connectivity index (χ0v) is 12.3. The summed E-state index contributed by atoms with van der Waals surface area (Å²) in [5, 5.41) is 4.74. The standard InChI is InChI=1S/C7H8BrClN2O4S2/c8-6-3-5(9)4-11-7(6)16(12,13)1-2-17(10,14)15/h3-4H,1-2H2,(H2,10,14,15). The lowest BCUT2D eigenvalue weighted by molar-refractivity contribution is 0.585. The maximum absolute atomic E-state index is 11.8. The van der Waals surface area contributed by atoms with Crippen LogP contribution in [-0.4, -0.2) is 33.3 Å². The summed E-state index contributed by atoms with van der Waals surface area (Å²) in [6.45, 7) is 0. The maximum atomic E-state index is 11.8. The molecular weight excluding hydrogens is 356 g/mol. The quantitative estimate of drug-likeness (QED) is 0.841. The molecule has 96 valence electrons. The van der Waals surface area contributed by atoms with E-state index in [1.807, 2.05) is 0 Å². The number of sulfone groups is 1. The van der Waals surface area contributed by atoms with Crippen molar-refractivity contribution in [3.05, 3.63) is 21.8 Å². The predicted octanol–water partition coefficient (Wildman–Crippen LogP) is 0.560. The third kappa shape index (κ3) is 4.51. The average molecular weight is 364 g/mol. The van der Waals surface area contributed by atoms with Gasteiger partial charge in [0.15, 0.2) is 14.9 Å². The number of halogens is 2. The molecule has 0 aromatic carbocycles. The number of nitrogens with zero attached hydrogens (tertiary/aromatic N) is 1. The van der Waals surface area contributed by atoms with E-state index < -0.39 is 31.4 Å². The zero-order chi connectivity index (χ0) is 13.3. The Morgan fingerprint density at radius 1 is 1.29 bits per heavy atom. The van der Waals surface area contributed by atoms with Crippen LogP contribution in [0.25, 0.3) is 0 Å². The third-order valence-corrected chi connectivity index (χ3v) is 5.47. The maximum Gasteiger partial charge on any atom is 0.210 e. The van der Waals surface area contributed by atoms with Crippen LogP contribution in [0.1, 0.15) is 0 Å². The van der Waals surface area contributed by atoms with Crippen LogP contribution in [0.5, 0.6) is 0 Å². The van der Waals surface area contributed by atoms with Gasteiger partial charge in [-0.3, -0.25) is 0 Å². The summed E-state index contributed by atoms with van der Waals surface area (Å²) >= 11 is 8.61. The van der Waals surface area contributed by atoms with Crippen LogP contribution in [0.15, 0.2) is 21.8 Å². The molecule has 0 fully saturated rings. The van der Waals surface area contributed by atoms with Crippen molar-refractivity contribution in [1.29, 1.82) is 0 Å².